The van der Waals surface area contributed by atoms with Gasteiger partial charge in [-0.25, -0.2) is 0 Å². The number of thiophene rings is 1. The zero-order chi connectivity index (χ0) is 9.26. The van der Waals surface area contributed by atoms with Crippen molar-refractivity contribution in [1.29, 1.82) is 0 Å². The summed E-state index contributed by atoms with van der Waals surface area (Å²) in [5, 5.41) is 5.09. The number of amides is 1. The number of nitrogens with one attached hydrogen (secondary N) is 1. The summed E-state index contributed by atoms with van der Waals surface area (Å²) in [6.45, 7) is 1.99. The molecule has 2 heterocycles. The van der Waals surface area contributed by atoms with E-state index in [1.54, 1.807) is 11.3 Å². The number of hydrogen-bond donors (Lipinski definition) is 1. The predicted molar refractivity (Wildman–Crippen MR) is 53.7 cm³/mol. The molecule has 1 saturated heterocycles. The van der Waals surface area contributed by atoms with E-state index in [0.29, 0.717) is 6.04 Å². The highest BCUT2D eigenvalue weighted by atomic mass is 32.1. The molecule has 13 heavy (non-hydrogen) atoms. The van der Waals surface area contributed by atoms with E-state index < -0.39 is 0 Å². The van der Waals surface area contributed by atoms with Gasteiger partial charge >= 0.3 is 0 Å². The minimum atomic E-state index is 0.199. The number of rotatable bonds is 2. The van der Waals surface area contributed by atoms with E-state index in [9.17, 15) is 4.79 Å². The second-order valence-electron chi connectivity index (χ2n) is 3.63. The Bertz CT molecular complexity index is 294. The van der Waals surface area contributed by atoms with Crippen LogP contribution in [0, 0.1) is 5.92 Å². The van der Waals surface area contributed by atoms with Gasteiger partial charge in [-0.2, -0.15) is 0 Å². The molecule has 0 unspecified atom stereocenters. The highest BCUT2D eigenvalue weighted by Gasteiger charge is 2.28. The average Bonchev–Trinajstić information content (AvgIpc) is 2.64. The summed E-state index contributed by atoms with van der Waals surface area (Å²) in [5.41, 5.74) is 0. The summed E-state index contributed by atoms with van der Waals surface area (Å²) in [7, 11) is 0. The van der Waals surface area contributed by atoms with Crippen LogP contribution < -0.4 is 5.32 Å². The summed E-state index contributed by atoms with van der Waals surface area (Å²) in [4.78, 5) is 12.6. The van der Waals surface area contributed by atoms with Crippen LogP contribution in [0.3, 0.4) is 0 Å². The maximum atomic E-state index is 11.2. The second-order valence-corrected chi connectivity index (χ2v) is 4.66. The molecular weight excluding hydrogens is 182 g/mol. The number of carbonyl (C=O) groups is 1. The van der Waals surface area contributed by atoms with Crippen LogP contribution in [-0.4, -0.2) is 11.9 Å². The Morgan fingerprint density at radius 3 is 3.08 bits per heavy atom. The molecule has 0 aromatic carbocycles. The zero-order valence-electron chi connectivity index (χ0n) is 7.62. The molecule has 1 fully saturated rings. The number of carbonyl (C=O) groups excluding carboxylic acids is 1. The summed E-state index contributed by atoms with van der Waals surface area (Å²) in [6.07, 6.45) is 1.98. The molecule has 2 atom stereocenters. The molecule has 0 aliphatic carbocycles. The van der Waals surface area contributed by atoms with Gasteiger partial charge in [0.25, 0.3) is 0 Å². The van der Waals surface area contributed by atoms with Gasteiger partial charge in [0.15, 0.2) is 0 Å². The molecule has 1 aromatic rings. The molecular formula is C10H13NOS. The van der Waals surface area contributed by atoms with Crippen LogP contribution in [0.25, 0.3) is 0 Å². The van der Waals surface area contributed by atoms with Crippen molar-refractivity contribution in [2.24, 2.45) is 5.92 Å². The normalized spacial score (nSPS) is 27.6. The van der Waals surface area contributed by atoms with Gasteiger partial charge in [-0.3, -0.25) is 4.79 Å². The molecule has 0 saturated carbocycles. The van der Waals surface area contributed by atoms with E-state index in [1.165, 1.54) is 4.88 Å². The van der Waals surface area contributed by atoms with Crippen LogP contribution >= 0.6 is 11.3 Å². The zero-order valence-corrected chi connectivity index (χ0v) is 8.43. The van der Waals surface area contributed by atoms with Gasteiger partial charge in [-0.05, 0) is 17.9 Å². The lowest BCUT2D eigenvalue weighted by Gasteiger charge is -2.06. The van der Waals surface area contributed by atoms with Gasteiger partial charge in [0, 0.05) is 23.3 Å². The predicted octanol–water partition coefficient (Wildman–Crippen LogP) is 1.82. The molecule has 3 heteroatoms. The van der Waals surface area contributed by atoms with Crippen LogP contribution in [0.4, 0.5) is 0 Å². The van der Waals surface area contributed by atoms with Gasteiger partial charge in [0.05, 0.1) is 0 Å². The van der Waals surface area contributed by atoms with Gasteiger partial charge in [0.2, 0.25) is 5.91 Å². The minimum Gasteiger partial charge on any atom is -0.353 e. The molecule has 0 radical (unpaired) electrons. The Hall–Kier alpha value is -0.830. The standard InChI is InChI=1S/C10H13NOS/c1-7-5-8(11-10(7)12)6-9-3-2-4-13-9/h2-4,7-8H,5-6H2,1H3,(H,11,12)/t7-,8+/m0/s1. The van der Waals surface area contributed by atoms with Crippen LogP contribution in [0.5, 0.6) is 0 Å². The summed E-state index contributed by atoms with van der Waals surface area (Å²) >= 11 is 1.76. The molecule has 70 valence electrons. The van der Waals surface area contributed by atoms with Crippen molar-refractivity contribution in [2.45, 2.75) is 25.8 Å². The lowest BCUT2D eigenvalue weighted by atomic mass is 10.1. The third-order valence-corrected chi connectivity index (χ3v) is 3.36. The Labute approximate surface area is 82.0 Å². The topological polar surface area (TPSA) is 29.1 Å². The van der Waals surface area contributed by atoms with E-state index >= 15 is 0 Å². The van der Waals surface area contributed by atoms with Crippen molar-refractivity contribution in [3.63, 3.8) is 0 Å². The van der Waals surface area contributed by atoms with Gasteiger partial charge in [0.1, 0.15) is 0 Å². The molecule has 1 aliphatic heterocycles. The molecule has 0 spiro atoms. The monoisotopic (exact) mass is 195 g/mol. The molecule has 1 amide bonds. The van der Waals surface area contributed by atoms with Gasteiger partial charge in [-0.15, -0.1) is 11.3 Å². The Morgan fingerprint density at radius 2 is 2.54 bits per heavy atom. The second kappa shape index (κ2) is 3.50. The van der Waals surface area contributed by atoms with Crippen LogP contribution in [-0.2, 0) is 11.2 Å². The van der Waals surface area contributed by atoms with Crippen molar-refractivity contribution in [3.8, 4) is 0 Å². The molecule has 0 bridgehead atoms. The first kappa shape index (κ1) is 8.75. The first-order valence-electron chi connectivity index (χ1n) is 4.58. The maximum absolute atomic E-state index is 11.2. The molecule has 2 nitrogen and oxygen atoms in total. The van der Waals surface area contributed by atoms with E-state index in [2.05, 4.69) is 22.8 Å². The van der Waals surface area contributed by atoms with Crippen LogP contribution in [0.1, 0.15) is 18.2 Å². The minimum absolute atomic E-state index is 0.199. The lowest BCUT2D eigenvalue weighted by Crippen LogP contribution is -2.27. The maximum Gasteiger partial charge on any atom is 0.223 e. The van der Waals surface area contributed by atoms with Crippen molar-refractivity contribution >= 4 is 17.2 Å². The third-order valence-electron chi connectivity index (χ3n) is 2.46. The molecule has 2 rings (SSSR count). The fourth-order valence-electron chi connectivity index (χ4n) is 1.74. The first-order valence-corrected chi connectivity index (χ1v) is 5.46. The Balaban J connectivity index is 1.94. The van der Waals surface area contributed by atoms with Gasteiger partial charge in [-0.1, -0.05) is 13.0 Å². The molecule has 1 aliphatic rings. The lowest BCUT2D eigenvalue weighted by molar-refractivity contribution is -0.122. The highest BCUT2D eigenvalue weighted by molar-refractivity contribution is 7.09. The van der Waals surface area contributed by atoms with E-state index in [1.807, 2.05) is 6.92 Å². The van der Waals surface area contributed by atoms with Gasteiger partial charge < -0.3 is 5.32 Å². The van der Waals surface area contributed by atoms with Crippen molar-refractivity contribution in [2.75, 3.05) is 0 Å². The fraction of sp³-hybridized carbons (Fsp3) is 0.500. The van der Waals surface area contributed by atoms with Crippen molar-refractivity contribution in [3.05, 3.63) is 22.4 Å². The third kappa shape index (κ3) is 1.91. The van der Waals surface area contributed by atoms with E-state index in [0.717, 1.165) is 12.8 Å². The summed E-state index contributed by atoms with van der Waals surface area (Å²) < 4.78 is 0. The SMILES string of the molecule is C[C@H]1C[C@H](Cc2cccs2)NC1=O. The van der Waals surface area contributed by atoms with Crippen molar-refractivity contribution < 1.29 is 4.79 Å². The molecule has 1 aromatic heterocycles. The highest BCUT2D eigenvalue weighted by Crippen LogP contribution is 2.20. The van der Waals surface area contributed by atoms with Crippen LogP contribution in [0.15, 0.2) is 17.5 Å². The van der Waals surface area contributed by atoms with E-state index in [-0.39, 0.29) is 11.8 Å². The fourth-order valence-corrected chi connectivity index (χ4v) is 2.53. The smallest absolute Gasteiger partial charge is 0.223 e. The Morgan fingerprint density at radius 1 is 1.69 bits per heavy atom. The summed E-state index contributed by atoms with van der Waals surface area (Å²) in [6, 6.07) is 4.54. The first-order chi connectivity index (χ1) is 6.25. The summed E-state index contributed by atoms with van der Waals surface area (Å²) in [5.74, 6) is 0.409. The quantitative estimate of drug-likeness (QED) is 0.766. The van der Waals surface area contributed by atoms with Crippen molar-refractivity contribution in [1.82, 2.24) is 5.32 Å². The van der Waals surface area contributed by atoms with Crippen LogP contribution in [0.2, 0.25) is 0 Å². The largest absolute Gasteiger partial charge is 0.353 e. The molecule has 1 N–H and O–H groups in total. The number of hydrogen-bond acceptors (Lipinski definition) is 2. The average molecular weight is 195 g/mol. The van der Waals surface area contributed by atoms with E-state index in [4.69, 9.17) is 0 Å². The Kier molecular flexibility index (Phi) is 2.36.